The van der Waals surface area contributed by atoms with Crippen LogP contribution in [0.2, 0.25) is 0 Å². The van der Waals surface area contributed by atoms with E-state index in [0.29, 0.717) is 5.92 Å². The zero-order chi connectivity index (χ0) is 14.5. The summed E-state index contributed by atoms with van der Waals surface area (Å²) < 4.78 is 1.20. The van der Waals surface area contributed by atoms with E-state index in [1.807, 2.05) is 0 Å². The smallest absolute Gasteiger partial charge is 0.0701 e. The molecule has 3 unspecified atom stereocenters. The van der Waals surface area contributed by atoms with Crippen LogP contribution >= 0.6 is 27.3 Å². The molecule has 1 aromatic rings. The normalized spacial score (nSPS) is 27.1. The van der Waals surface area contributed by atoms with E-state index < -0.39 is 0 Å². The minimum absolute atomic E-state index is 0.0974. The summed E-state index contributed by atoms with van der Waals surface area (Å²) in [4.78, 5) is 2.36. The summed E-state index contributed by atoms with van der Waals surface area (Å²) in [5.41, 5.74) is 1.36. The molecule has 114 valence electrons. The van der Waals surface area contributed by atoms with Crippen molar-refractivity contribution in [2.45, 2.75) is 51.7 Å². The van der Waals surface area contributed by atoms with Crippen LogP contribution in [0.15, 0.2) is 15.2 Å². The van der Waals surface area contributed by atoms with Gasteiger partial charge in [-0.1, -0.05) is 19.8 Å². The van der Waals surface area contributed by atoms with E-state index in [1.54, 1.807) is 11.3 Å². The molecule has 1 heterocycles. The van der Waals surface area contributed by atoms with Gasteiger partial charge in [-0.05, 0) is 71.1 Å². The highest BCUT2D eigenvalue weighted by Crippen LogP contribution is 2.33. The maximum Gasteiger partial charge on any atom is 0.0701 e. The van der Waals surface area contributed by atoms with Gasteiger partial charge in [-0.15, -0.1) is 11.3 Å². The van der Waals surface area contributed by atoms with Crippen molar-refractivity contribution in [3.05, 3.63) is 20.8 Å². The Labute approximate surface area is 135 Å². The topological polar surface area (TPSA) is 23.5 Å². The van der Waals surface area contributed by atoms with Crippen LogP contribution in [0.25, 0.3) is 0 Å². The second kappa shape index (κ2) is 7.92. The Hall–Kier alpha value is 0.100. The quantitative estimate of drug-likeness (QED) is 0.806. The third-order valence-electron chi connectivity index (χ3n) is 4.37. The van der Waals surface area contributed by atoms with Crippen LogP contribution in [0.1, 0.15) is 44.6 Å². The van der Waals surface area contributed by atoms with Crippen molar-refractivity contribution in [3.8, 4) is 0 Å². The molecular formula is C16H26BrNOS. The summed E-state index contributed by atoms with van der Waals surface area (Å²) >= 11 is 5.26. The number of aliphatic hydroxyl groups excluding tert-OH is 1. The third-order valence-corrected chi connectivity index (χ3v) is 5.92. The molecule has 0 bridgehead atoms. The maximum absolute atomic E-state index is 10.2. The van der Waals surface area contributed by atoms with Gasteiger partial charge in [0.05, 0.1) is 9.89 Å². The molecule has 1 aromatic heterocycles. The molecular weight excluding hydrogens is 334 g/mol. The van der Waals surface area contributed by atoms with Crippen LogP contribution in [0, 0.1) is 11.8 Å². The Morgan fingerprint density at radius 2 is 2.25 bits per heavy atom. The lowest BCUT2D eigenvalue weighted by Gasteiger charge is -2.35. The predicted octanol–water partition coefficient (Wildman–Crippen LogP) is 4.52. The summed E-state index contributed by atoms with van der Waals surface area (Å²) in [6.07, 6.45) is 5.91. The summed E-state index contributed by atoms with van der Waals surface area (Å²) in [6, 6.07) is 2.19. The number of rotatable bonds is 6. The van der Waals surface area contributed by atoms with Gasteiger partial charge in [0.15, 0.2) is 0 Å². The van der Waals surface area contributed by atoms with Gasteiger partial charge in [0, 0.05) is 13.1 Å². The van der Waals surface area contributed by atoms with Crippen molar-refractivity contribution >= 4 is 27.3 Å². The van der Waals surface area contributed by atoms with Crippen LogP contribution in [0.5, 0.6) is 0 Å². The van der Waals surface area contributed by atoms with Gasteiger partial charge in [-0.2, -0.15) is 0 Å². The van der Waals surface area contributed by atoms with E-state index in [1.165, 1.54) is 35.0 Å². The number of hydrogen-bond acceptors (Lipinski definition) is 3. The lowest BCUT2D eigenvalue weighted by molar-refractivity contribution is 0.0288. The highest BCUT2D eigenvalue weighted by molar-refractivity contribution is 9.11. The first kappa shape index (κ1) is 16.5. The number of halogens is 1. The average Bonchev–Trinajstić information content (AvgIpc) is 2.79. The fraction of sp³-hybridized carbons (Fsp3) is 0.750. The van der Waals surface area contributed by atoms with Gasteiger partial charge < -0.3 is 10.0 Å². The van der Waals surface area contributed by atoms with Crippen molar-refractivity contribution < 1.29 is 5.11 Å². The molecule has 0 saturated heterocycles. The molecule has 3 atom stereocenters. The number of aliphatic hydroxyl groups is 1. The summed E-state index contributed by atoms with van der Waals surface area (Å²) in [7, 11) is 2.17. The Balaban J connectivity index is 1.83. The van der Waals surface area contributed by atoms with E-state index >= 15 is 0 Å². The van der Waals surface area contributed by atoms with Gasteiger partial charge in [0.2, 0.25) is 0 Å². The van der Waals surface area contributed by atoms with Gasteiger partial charge in [-0.3, -0.25) is 0 Å². The first-order valence-electron chi connectivity index (χ1n) is 7.68. The third kappa shape index (κ3) is 4.83. The molecule has 0 aliphatic heterocycles. The Morgan fingerprint density at radius 1 is 1.45 bits per heavy atom. The second-order valence-electron chi connectivity index (χ2n) is 6.25. The van der Waals surface area contributed by atoms with E-state index in [9.17, 15) is 5.11 Å². The molecule has 0 radical (unpaired) electrons. The van der Waals surface area contributed by atoms with E-state index in [2.05, 4.69) is 46.2 Å². The zero-order valence-electron chi connectivity index (χ0n) is 12.5. The SMILES string of the molecule is CCCC1CCC(O)C(CN(C)Cc2csc(Br)c2)C1. The maximum atomic E-state index is 10.2. The minimum Gasteiger partial charge on any atom is -0.393 e. The number of nitrogens with zero attached hydrogens (tertiary/aromatic N) is 1. The van der Waals surface area contributed by atoms with Gasteiger partial charge >= 0.3 is 0 Å². The summed E-state index contributed by atoms with van der Waals surface area (Å²) in [5.74, 6) is 1.28. The molecule has 1 saturated carbocycles. The molecule has 1 aliphatic rings. The molecule has 2 nitrogen and oxygen atoms in total. The Kier molecular flexibility index (Phi) is 6.53. The molecule has 0 amide bonds. The molecule has 1 aliphatic carbocycles. The van der Waals surface area contributed by atoms with Crippen LogP contribution < -0.4 is 0 Å². The first-order valence-corrected chi connectivity index (χ1v) is 9.35. The molecule has 0 aromatic carbocycles. The van der Waals surface area contributed by atoms with E-state index in [-0.39, 0.29) is 6.10 Å². The van der Waals surface area contributed by atoms with Crippen molar-refractivity contribution in [1.29, 1.82) is 0 Å². The molecule has 1 N–H and O–H groups in total. The van der Waals surface area contributed by atoms with Crippen LogP contribution in [0.3, 0.4) is 0 Å². The highest BCUT2D eigenvalue weighted by atomic mass is 79.9. The van der Waals surface area contributed by atoms with Gasteiger partial charge in [-0.25, -0.2) is 0 Å². The lowest BCUT2D eigenvalue weighted by Crippen LogP contribution is -2.37. The van der Waals surface area contributed by atoms with Crippen LogP contribution in [-0.4, -0.2) is 29.7 Å². The Morgan fingerprint density at radius 3 is 2.90 bits per heavy atom. The van der Waals surface area contributed by atoms with Crippen molar-refractivity contribution in [3.63, 3.8) is 0 Å². The van der Waals surface area contributed by atoms with E-state index in [0.717, 1.165) is 25.4 Å². The first-order chi connectivity index (χ1) is 9.58. The van der Waals surface area contributed by atoms with Crippen LogP contribution in [0.4, 0.5) is 0 Å². The average molecular weight is 360 g/mol. The summed E-state index contributed by atoms with van der Waals surface area (Å²) in [6.45, 7) is 4.25. The molecule has 4 heteroatoms. The van der Waals surface area contributed by atoms with E-state index in [4.69, 9.17) is 0 Å². The van der Waals surface area contributed by atoms with Crippen LogP contribution in [-0.2, 0) is 6.54 Å². The number of hydrogen-bond donors (Lipinski definition) is 1. The standard InChI is InChI=1S/C16H26BrNOS/c1-3-4-12-5-6-15(19)14(7-12)10-18(2)9-13-8-16(17)20-11-13/h8,11-12,14-15,19H,3-7,9-10H2,1-2H3. The summed E-state index contributed by atoms with van der Waals surface area (Å²) in [5, 5.41) is 12.4. The molecule has 2 rings (SSSR count). The molecule has 0 spiro atoms. The largest absolute Gasteiger partial charge is 0.393 e. The van der Waals surface area contributed by atoms with Gasteiger partial charge in [0.1, 0.15) is 0 Å². The fourth-order valence-electron chi connectivity index (χ4n) is 3.42. The molecule has 20 heavy (non-hydrogen) atoms. The van der Waals surface area contributed by atoms with Crippen molar-refractivity contribution in [1.82, 2.24) is 4.90 Å². The highest BCUT2D eigenvalue weighted by Gasteiger charge is 2.29. The zero-order valence-corrected chi connectivity index (χ0v) is 14.9. The number of thiophene rings is 1. The monoisotopic (exact) mass is 359 g/mol. The molecule has 1 fully saturated rings. The lowest BCUT2D eigenvalue weighted by atomic mass is 9.77. The van der Waals surface area contributed by atoms with Gasteiger partial charge in [0.25, 0.3) is 0 Å². The van der Waals surface area contributed by atoms with Crippen molar-refractivity contribution in [2.24, 2.45) is 11.8 Å². The Bertz CT molecular complexity index is 409. The second-order valence-corrected chi connectivity index (χ2v) is 8.54. The predicted molar refractivity (Wildman–Crippen MR) is 90.1 cm³/mol. The fourth-order valence-corrected chi connectivity index (χ4v) is 4.62. The van der Waals surface area contributed by atoms with Crippen molar-refractivity contribution in [2.75, 3.05) is 13.6 Å². The minimum atomic E-state index is -0.0974.